The summed E-state index contributed by atoms with van der Waals surface area (Å²) in [6, 6.07) is 9.90. The van der Waals surface area contributed by atoms with Gasteiger partial charge in [0.2, 0.25) is 0 Å². The summed E-state index contributed by atoms with van der Waals surface area (Å²) in [7, 11) is 0. The Morgan fingerprint density at radius 2 is 2.00 bits per heavy atom. The highest BCUT2D eigenvalue weighted by atomic mass is 16.6. The number of ether oxygens (including phenoxy) is 2. The number of nitrogens with zero attached hydrogens (tertiary/aromatic N) is 1. The number of carbonyl (C=O) groups excluding carboxylic acids is 1. The molecule has 0 radical (unpaired) electrons. The van der Waals surface area contributed by atoms with Crippen molar-refractivity contribution >= 4 is 6.09 Å². The lowest BCUT2D eigenvalue weighted by Crippen LogP contribution is -2.57. The van der Waals surface area contributed by atoms with Crippen LogP contribution in [0.4, 0.5) is 4.79 Å². The van der Waals surface area contributed by atoms with E-state index in [1.807, 2.05) is 30.3 Å². The maximum Gasteiger partial charge on any atom is 0.410 e. The average Bonchev–Trinajstić information content (AvgIpc) is 2.57. The van der Waals surface area contributed by atoms with Gasteiger partial charge in [-0.1, -0.05) is 51.1 Å². The van der Waals surface area contributed by atoms with E-state index < -0.39 is 0 Å². The van der Waals surface area contributed by atoms with Gasteiger partial charge in [-0.05, 0) is 30.4 Å². The lowest BCUT2D eigenvalue weighted by Gasteiger charge is -2.43. The standard InChI is InChI=1S/C20H30N2O3/c1-20(2,3)18-11-16(9-10-21-18)25-17-12-22(13-17)19(23)24-14-15-7-5-4-6-8-15/h4-8,16-18,21H,9-14H2,1-3H3/i/hD. The highest BCUT2D eigenvalue weighted by Crippen LogP contribution is 2.28. The SMILES string of the molecule is [2H]N1CCC(OC2CN(C(=O)OCc3ccccc3)C2)CC1C(C)(C)C. The highest BCUT2D eigenvalue weighted by Gasteiger charge is 2.37. The largest absolute Gasteiger partial charge is 0.445 e. The molecule has 0 saturated carbocycles. The minimum absolute atomic E-state index is 0.0661. The van der Waals surface area contributed by atoms with Crippen LogP contribution in [0, 0.1) is 5.41 Å². The summed E-state index contributed by atoms with van der Waals surface area (Å²) in [5.41, 5.74) is 1.06. The van der Waals surface area contributed by atoms with Crippen LogP contribution in [0.1, 0.15) is 39.2 Å². The van der Waals surface area contributed by atoms with Crippen molar-refractivity contribution in [2.24, 2.45) is 5.41 Å². The van der Waals surface area contributed by atoms with Crippen molar-refractivity contribution in [2.75, 3.05) is 19.6 Å². The predicted molar refractivity (Wildman–Crippen MR) is 97.3 cm³/mol. The van der Waals surface area contributed by atoms with E-state index in [-0.39, 0.29) is 29.8 Å². The van der Waals surface area contributed by atoms with Crippen molar-refractivity contribution in [3.8, 4) is 0 Å². The van der Waals surface area contributed by atoms with Crippen LogP contribution in [0.15, 0.2) is 30.3 Å². The van der Waals surface area contributed by atoms with E-state index in [0.29, 0.717) is 19.7 Å². The van der Waals surface area contributed by atoms with E-state index in [0.717, 1.165) is 24.9 Å². The first kappa shape index (κ1) is 16.9. The number of hydrogen-bond acceptors (Lipinski definition) is 4. The molecule has 2 unspecified atom stereocenters. The van der Waals surface area contributed by atoms with Crippen LogP contribution in [0.25, 0.3) is 0 Å². The Balaban J connectivity index is 1.39. The van der Waals surface area contributed by atoms with E-state index in [9.17, 15) is 4.79 Å². The van der Waals surface area contributed by atoms with E-state index in [1.54, 1.807) is 10.2 Å². The van der Waals surface area contributed by atoms with Gasteiger partial charge < -0.3 is 19.7 Å². The fourth-order valence-electron chi connectivity index (χ4n) is 3.32. The molecule has 0 aromatic heterocycles. The molecule has 5 nitrogen and oxygen atoms in total. The van der Waals surface area contributed by atoms with Gasteiger partial charge in [-0.15, -0.1) is 0 Å². The van der Waals surface area contributed by atoms with Crippen LogP contribution < -0.4 is 5.31 Å². The third kappa shape index (κ3) is 4.95. The van der Waals surface area contributed by atoms with Crippen molar-refractivity contribution in [1.82, 2.24) is 10.2 Å². The number of piperidine rings is 1. The fourth-order valence-corrected chi connectivity index (χ4v) is 3.32. The molecule has 5 heteroatoms. The second kappa shape index (κ2) is 7.75. The number of rotatable bonds is 4. The number of hydrogen-bond donors (Lipinski definition) is 1. The van der Waals surface area contributed by atoms with Gasteiger partial charge in [-0.2, -0.15) is 0 Å². The van der Waals surface area contributed by atoms with Crippen molar-refractivity contribution in [3.05, 3.63) is 35.9 Å². The number of carbonyl (C=O) groups is 1. The number of benzene rings is 1. The zero-order valence-corrected chi connectivity index (χ0v) is 15.5. The van der Waals surface area contributed by atoms with Crippen LogP contribution in [0.5, 0.6) is 0 Å². The Morgan fingerprint density at radius 3 is 2.68 bits per heavy atom. The monoisotopic (exact) mass is 347 g/mol. The molecular formula is C20H30N2O3. The van der Waals surface area contributed by atoms with E-state index >= 15 is 0 Å². The Kier molecular flexibility index (Phi) is 5.22. The molecule has 2 fully saturated rings. The average molecular weight is 347 g/mol. The minimum atomic E-state index is -0.276. The third-order valence-corrected chi connectivity index (χ3v) is 4.98. The van der Waals surface area contributed by atoms with E-state index in [2.05, 4.69) is 20.8 Å². The van der Waals surface area contributed by atoms with Gasteiger partial charge in [-0.25, -0.2) is 4.79 Å². The van der Waals surface area contributed by atoms with Crippen molar-refractivity contribution < 1.29 is 15.7 Å². The maximum absolute atomic E-state index is 12.1. The quantitative estimate of drug-likeness (QED) is 0.909. The fraction of sp³-hybridized carbons (Fsp3) is 0.650. The zero-order chi connectivity index (χ0) is 18.7. The van der Waals surface area contributed by atoms with Crippen molar-refractivity contribution in [2.45, 2.75) is 58.5 Å². The Morgan fingerprint density at radius 1 is 1.28 bits per heavy atom. The summed E-state index contributed by atoms with van der Waals surface area (Å²) in [5.74, 6) is 0. The molecule has 2 atom stereocenters. The molecule has 2 heterocycles. The molecule has 1 N–H and O–H groups in total. The summed E-state index contributed by atoms with van der Waals surface area (Å²) in [4.78, 5) is 13.8. The number of likely N-dealkylation sites (tertiary alicyclic amines) is 1. The maximum atomic E-state index is 12.1. The third-order valence-electron chi connectivity index (χ3n) is 4.98. The van der Waals surface area contributed by atoms with Gasteiger partial charge in [0.15, 0.2) is 0 Å². The van der Waals surface area contributed by atoms with Gasteiger partial charge in [0.25, 0.3) is 0 Å². The molecular weight excluding hydrogens is 316 g/mol. The van der Waals surface area contributed by atoms with E-state index in [4.69, 9.17) is 10.9 Å². The first-order valence-corrected chi connectivity index (χ1v) is 9.19. The highest BCUT2D eigenvalue weighted by molar-refractivity contribution is 5.68. The smallest absolute Gasteiger partial charge is 0.410 e. The normalized spacial score (nSPS) is 26.0. The van der Waals surface area contributed by atoms with Crippen LogP contribution in [0.3, 0.4) is 0 Å². The Labute approximate surface area is 152 Å². The van der Waals surface area contributed by atoms with Crippen LogP contribution >= 0.6 is 0 Å². The minimum Gasteiger partial charge on any atom is -0.445 e. The zero-order valence-electron chi connectivity index (χ0n) is 16.5. The first-order valence-electron chi connectivity index (χ1n) is 9.64. The van der Waals surface area contributed by atoms with Gasteiger partial charge in [-0.3, -0.25) is 0 Å². The Hall–Kier alpha value is -1.59. The Bertz CT molecular complexity index is 599. The topological polar surface area (TPSA) is 50.8 Å². The van der Waals surface area contributed by atoms with Gasteiger partial charge >= 0.3 is 6.09 Å². The molecule has 1 aromatic rings. The molecule has 0 aliphatic carbocycles. The summed E-state index contributed by atoms with van der Waals surface area (Å²) in [5, 5.41) is 1.70. The van der Waals surface area contributed by atoms with Crippen LogP contribution in [0.2, 0.25) is 1.41 Å². The van der Waals surface area contributed by atoms with Gasteiger partial charge in [0.05, 0.1) is 25.3 Å². The molecule has 0 bridgehead atoms. The molecule has 138 valence electrons. The van der Waals surface area contributed by atoms with Crippen molar-refractivity contribution in [3.63, 3.8) is 0 Å². The molecule has 1 amide bonds. The molecule has 0 spiro atoms. The summed E-state index contributed by atoms with van der Waals surface area (Å²) in [6.07, 6.45) is 1.74. The number of amides is 1. The molecule has 2 saturated heterocycles. The first-order chi connectivity index (χ1) is 12.3. The van der Waals surface area contributed by atoms with Crippen LogP contribution in [-0.2, 0) is 16.1 Å². The lowest BCUT2D eigenvalue weighted by molar-refractivity contribution is -0.101. The summed E-state index contributed by atoms with van der Waals surface area (Å²) in [6.45, 7) is 8.75. The summed E-state index contributed by atoms with van der Waals surface area (Å²) < 4.78 is 19.7. The predicted octanol–water partition coefficient (Wildman–Crippen LogP) is 3.19. The van der Waals surface area contributed by atoms with Gasteiger partial charge in [0.1, 0.15) is 8.02 Å². The van der Waals surface area contributed by atoms with E-state index in [1.165, 1.54) is 0 Å². The molecule has 2 aliphatic heterocycles. The number of nitrogens with one attached hydrogen (secondary N) is 1. The second-order valence-corrected chi connectivity index (χ2v) is 8.14. The molecule has 25 heavy (non-hydrogen) atoms. The second-order valence-electron chi connectivity index (χ2n) is 8.14. The molecule has 1 aromatic carbocycles. The summed E-state index contributed by atoms with van der Waals surface area (Å²) >= 11 is 0. The molecule has 3 rings (SSSR count). The van der Waals surface area contributed by atoms with Gasteiger partial charge in [0, 0.05) is 6.04 Å². The lowest BCUT2D eigenvalue weighted by atomic mass is 9.81. The van der Waals surface area contributed by atoms with Crippen LogP contribution in [-0.4, -0.2) is 48.9 Å². The molecule has 2 aliphatic rings. The van der Waals surface area contributed by atoms with Crippen molar-refractivity contribution in [1.29, 1.82) is 0 Å².